The van der Waals surface area contributed by atoms with Gasteiger partial charge in [0.25, 0.3) is 0 Å². The number of para-hydroxylation sites is 1. The minimum atomic E-state index is -4.92. The van der Waals surface area contributed by atoms with Crippen LogP contribution in [0.25, 0.3) is 0 Å². The van der Waals surface area contributed by atoms with Gasteiger partial charge >= 0.3 is 12.1 Å². The molecule has 1 saturated heterocycles. The van der Waals surface area contributed by atoms with Crippen molar-refractivity contribution in [3.63, 3.8) is 0 Å². The third-order valence-electron chi connectivity index (χ3n) is 2.77. The van der Waals surface area contributed by atoms with Crippen LogP contribution in [0.3, 0.4) is 0 Å². The van der Waals surface area contributed by atoms with E-state index in [4.69, 9.17) is 0 Å². The maximum Gasteiger partial charge on any atom is 0.490 e. The Morgan fingerprint density at radius 2 is 1.94 bits per heavy atom. The van der Waals surface area contributed by atoms with Gasteiger partial charge in [0.05, 0.1) is 6.54 Å². The maximum atomic E-state index is 12.0. The fourth-order valence-electron chi connectivity index (χ4n) is 1.92. The van der Waals surface area contributed by atoms with Crippen LogP contribution in [0.4, 0.5) is 18.9 Å². The third kappa shape index (κ3) is 2.94. The van der Waals surface area contributed by atoms with Crippen LogP contribution in [0.2, 0.25) is 0 Å². The molecule has 0 aliphatic carbocycles. The lowest BCUT2D eigenvalue weighted by molar-refractivity contribution is -0.203. The molecular weight excluding hydrogens is 247 g/mol. The molecule has 0 spiro atoms. The smallest absolute Gasteiger partial charge is 0.454 e. The molecule has 0 aromatic heterocycles. The number of nitrogens with zero attached hydrogens (tertiary/aromatic N) is 1. The summed E-state index contributed by atoms with van der Waals surface area (Å²) in [5, 5.41) is 0. The number of hydrogen-bond donors (Lipinski definition) is 0. The van der Waals surface area contributed by atoms with Gasteiger partial charge in [-0.3, -0.25) is 0 Å². The zero-order chi connectivity index (χ0) is 13.2. The van der Waals surface area contributed by atoms with Crippen LogP contribution in [-0.4, -0.2) is 31.3 Å². The second-order valence-corrected chi connectivity index (χ2v) is 4.10. The van der Waals surface area contributed by atoms with Gasteiger partial charge in [0, 0.05) is 18.7 Å². The first-order valence-corrected chi connectivity index (χ1v) is 5.54. The van der Waals surface area contributed by atoms with E-state index in [1.807, 2.05) is 35.2 Å². The molecule has 1 aromatic rings. The molecule has 6 heteroatoms. The lowest BCUT2D eigenvalue weighted by Crippen LogP contribution is -2.31. The van der Waals surface area contributed by atoms with Crippen molar-refractivity contribution in [1.29, 1.82) is 0 Å². The summed E-state index contributed by atoms with van der Waals surface area (Å²) in [7, 11) is 0. The lowest BCUT2D eigenvalue weighted by atomic mass is 10.3. The summed E-state index contributed by atoms with van der Waals surface area (Å²) in [6, 6.07) is 9.30. The highest BCUT2D eigenvalue weighted by molar-refractivity contribution is 5.75. The molecule has 2 rings (SSSR count). The molecule has 0 bridgehead atoms. The Kier molecular flexibility index (Phi) is 3.45. The highest BCUT2D eigenvalue weighted by Gasteiger charge is 2.43. The van der Waals surface area contributed by atoms with Crippen molar-refractivity contribution in [2.45, 2.75) is 18.7 Å². The monoisotopic (exact) mass is 259 g/mol. The van der Waals surface area contributed by atoms with E-state index in [1.165, 1.54) is 0 Å². The Bertz CT molecular complexity index is 419. The van der Waals surface area contributed by atoms with E-state index in [0.717, 1.165) is 5.69 Å². The topological polar surface area (TPSA) is 29.5 Å². The van der Waals surface area contributed by atoms with Gasteiger partial charge in [-0.2, -0.15) is 13.2 Å². The van der Waals surface area contributed by atoms with Crippen molar-refractivity contribution >= 4 is 11.7 Å². The Labute approximate surface area is 102 Å². The van der Waals surface area contributed by atoms with Crippen molar-refractivity contribution in [3.8, 4) is 0 Å². The zero-order valence-corrected chi connectivity index (χ0v) is 9.48. The predicted molar refractivity (Wildman–Crippen MR) is 59.2 cm³/mol. The number of carbonyl (C=O) groups excluding carboxylic acids is 1. The van der Waals surface area contributed by atoms with Gasteiger partial charge in [-0.05, 0) is 12.1 Å². The van der Waals surface area contributed by atoms with Crippen LogP contribution in [0.15, 0.2) is 30.3 Å². The minimum absolute atomic E-state index is 0.297. The second kappa shape index (κ2) is 4.88. The first-order chi connectivity index (χ1) is 8.47. The van der Waals surface area contributed by atoms with Gasteiger partial charge in [-0.1, -0.05) is 18.2 Å². The minimum Gasteiger partial charge on any atom is -0.454 e. The molecule has 1 heterocycles. The SMILES string of the molecule is O=C(OC1CCN(c2ccccc2)C1)C(F)(F)F. The average molecular weight is 259 g/mol. The Hall–Kier alpha value is -1.72. The third-order valence-corrected chi connectivity index (χ3v) is 2.77. The molecule has 1 aromatic carbocycles. The highest BCUT2D eigenvalue weighted by Crippen LogP contribution is 2.24. The molecule has 0 N–H and O–H groups in total. The van der Waals surface area contributed by atoms with Crippen LogP contribution in [0, 0.1) is 0 Å². The van der Waals surface area contributed by atoms with Gasteiger partial charge in [0.15, 0.2) is 0 Å². The summed E-state index contributed by atoms with van der Waals surface area (Å²) in [4.78, 5) is 12.6. The van der Waals surface area contributed by atoms with Crippen LogP contribution in [0.1, 0.15) is 6.42 Å². The van der Waals surface area contributed by atoms with Gasteiger partial charge < -0.3 is 9.64 Å². The number of rotatable bonds is 2. The second-order valence-electron chi connectivity index (χ2n) is 4.10. The molecule has 0 amide bonds. The quantitative estimate of drug-likeness (QED) is 0.764. The Morgan fingerprint density at radius 3 is 2.56 bits per heavy atom. The molecule has 98 valence electrons. The van der Waals surface area contributed by atoms with E-state index in [9.17, 15) is 18.0 Å². The van der Waals surface area contributed by atoms with Crippen molar-refractivity contribution in [2.75, 3.05) is 18.0 Å². The first-order valence-electron chi connectivity index (χ1n) is 5.54. The lowest BCUT2D eigenvalue weighted by Gasteiger charge is -2.18. The molecule has 1 fully saturated rings. The number of hydrogen-bond acceptors (Lipinski definition) is 3. The fourth-order valence-corrected chi connectivity index (χ4v) is 1.92. The average Bonchev–Trinajstić information content (AvgIpc) is 2.77. The standard InChI is InChI=1S/C12H12F3NO2/c13-12(14,15)11(17)18-10-6-7-16(8-10)9-4-2-1-3-5-9/h1-5,10H,6-8H2. The van der Waals surface area contributed by atoms with E-state index in [1.54, 1.807) is 0 Å². The van der Waals surface area contributed by atoms with Gasteiger partial charge in [0.2, 0.25) is 0 Å². The summed E-state index contributed by atoms with van der Waals surface area (Å²) in [5.41, 5.74) is 0.919. The van der Waals surface area contributed by atoms with Crippen molar-refractivity contribution in [2.24, 2.45) is 0 Å². The summed E-state index contributed by atoms with van der Waals surface area (Å²) in [5.74, 6) is -2.11. The number of ether oxygens (including phenoxy) is 1. The molecule has 0 radical (unpaired) electrons. The van der Waals surface area contributed by atoms with Crippen LogP contribution >= 0.6 is 0 Å². The number of alkyl halides is 3. The molecule has 1 atom stereocenters. The summed E-state index contributed by atoms with van der Waals surface area (Å²) in [6.45, 7) is 0.881. The number of esters is 1. The van der Waals surface area contributed by atoms with Crippen molar-refractivity contribution in [3.05, 3.63) is 30.3 Å². The van der Waals surface area contributed by atoms with E-state index >= 15 is 0 Å². The number of carbonyl (C=O) groups is 1. The van der Waals surface area contributed by atoms with E-state index < -0.39 is 18.2 Å². The number of anilines is 1. The van der Waals surface area contributed by atoms with Crippen molar-refractivity contribution < 1.29 is 22.7 Å². The van der Waals surface area contributed by atoms with Crippen molar-refractivity contribution in [1.82, 2.24) is 0 Å². The Morgan fingerprint density at radius 1 is 1.28 bits per heavy atom. The largest absolute Gasteiger partial charge is 0.490 e. The Balaban J connectivity index is 1.92. The predicted octanol–water partition coefficient (Wildman–Crippen LogP) is 2.37. The van der Waals surface area contributed by atoms with E-state index in [0.29, 0.717) is 19.5 Å². The highest BCUT2D eigenvalue weighted by atomic mass is 19.4. The van der Waals surface area contributed by atoms with Gasteiger partial charge in [-0.25, -0.2) is 4.79 Å². The first kappa shape index (κ1) is 12.7. The van der Waals surface area contributed by atoms with E-state index in [2.05, 4.69) is 4.74 Å². The molecule has 18 heavy (non-hydrogen) atoms. The maximum absolute atomic E-state index is 12.0. The molecule has 1 aliphatic rings. The molecule has 0 saturated carbocycles. The normalized spacial score (nSPS) is 19.9. The molecular formula is C12H12F3NO2. The fraction of sp³-hybridized carbons (Fsp3) is 0.417. The van der Waals surface area contributed by atoms with Crippen LogP contribution in [-0.2, 0) is 9.53 Å². The van der Waals surface area contributed by atoms with Gasteiger partial charge in [0.1, 0.15) is 6.10 Å². The summed E-state index contributed by atoms with van der Waals surface area (Å²) in [6.07, 6.45) is -5.20. The van der Waals surface area contributed by atoms with Gasteiger partial charge in [-0.15, -0.1) is 0 Å². The van der Waals surface area contributed by atoms with Crippen LogP contribution in [0.5, 0.6) is 0 Å². The van der Waals surface area contributed by atoms with Crippen LogP contribution < -0.4 is 4.90 Å². The van der Waals surface area contributed by atoms with E-state index in [-0.39, 0.29) is 0 Å². The molecule has 1 aliphatic heterocycles. The zero-order valence-electron chi connectivity index (χ0n) is 9.48. The number of benzene rings is 1. The number of halogens is 3. The molecule has 1 unspecified atom stereocenters. The summed E-state index contributed by atoms with van der Waals surface area (Å²) >= 11 is 0. The summed E-state index contributed by atoms with van der Waals surface area (Å²) < 4.78 is 40.5. The molecule has 3 nitrogen and oxygen atoms in total.